The molecule has 98 valence electrons. The SMILES string of the molecule is CC1c2ccccc2-c2cnccc2C1C(C)(C)C. The van der Waals surface area contributed by atoms with Gasteiger partial charge in [0.1, 0.15) is 0 Å². The summed E-state index contributed by atoms with van der Waals surface area (Å²) >= 11 is 0. The molecular formula is C18H21N. The Morgan fingerprint density at radius 2 is 1.68 bits per heavy atom. The van der Waals surface area contributed by atoms with E-state index in [0.717, 1.165) is 0 Å². The highest BCUT2D eigenvalue weighted by molar-refractivity contribution is 5.74. The van der Waals surface area contributed by atoms with Crippen molar-refractivity contribution in [3.8, 4) is 11.1 Å². The lowest BCUT2D eigenvalue weighted by Crippen LogP contribution is -2.27. The molecule has 0 radical (unpaired) electrons. The van der Waals surface area contributed by atoms with E-state index in [1.54, 1.807) is 0 Å². The summed E-state index contributed by atoms with van der Waals surface area (Å²) in [5.74, 6) is 1.09. The van der Waals surface area contributed by atoms with Crippen LogP contribution in [0.3, 0.4) is 0 Å². The van der Waals surface area contributed by atoms with Crippen LogP contribution in [0.25, 0.3) is 11.1 Å². The van der Waals surface area contributed by atoms with Crippen molar-refractivity contribution in [2.45, 2.75) is 39.5 Å². The maximum absolute atomic E-state index is 4.34. The standard InChI is InChI=1S/C18H21N/c1-12-13-7-5-6-8-14(13)16-11-19-10-9-15(16)17(12)18(2,3)4/h5-12,17H,1-4H3. The van der Waals surface area contributed by atoms with E-state index >= 15 is 0 Å². The molecule has 1 aliphatic carbocycles. The molecule has 0 saturated carbocycles. The van der Waals surface area contributed by atoms with Crippen molar-refractivity contribution in [1.82, 2.24) is 4.98 Å². The van der Waals surface area contributed by atoms with Crippen molar-refractivity contribution in [2.75, 3.05) is 0 Å². The fourth-order valence-electron chi connectivity index (χ4n) is 3.71. The molecule has 1 heterocycles. The Morgan fingerprint density at radius 3 is 2.42 bits per heavy atom. The lowest BCUT2D eigenvalue weighted by Gasteiger charge is -2.41. The summed E-state index contributed by atoms with van der Waals surface area (Å²) in [5, 5.41) is 0. The van der Waals surface area contributed by atoms with Crippen LogP contribution in [-0.4, -0.2) is 4.98 Å². The molecule has 1 aliphatic rings. The Hall–Kier alpha value is -1.63. The molecule has 1 aromatic carbocycles. The average molecular weight is 251 g/mol. The van der Waals surface area contributed by atoms with Gasteiger partial charge in [-0.05, 0) is 40.0 Å². The summed E-state index contributed by atoms with van der Waals surface area (Å²) in [7, 11) is 0. The molecule has 2 atom stereocenters. The van der Waals surface area contributed by atoms with Crippen molar-refractivity contribution < 1.29 is 0 Å². The van der Waals surface area contributed by atoms with E-state index in [0.29, 0.717) is 11.8 Å². The third kappa shape index (κ3) is 1.88. The lowest BCUT2D eigenvalue weighted by molar-refractivity contribution is 0.285. The summed E-state index contributed by atoms with van der Waals surface area (Å²) in [5.41, 5.74) is 5.84. The van der Waals surface area contributed by atoms with Gasteiger partial charge in [0, 0.05) is 18.0 Å². The normalized spacial score (nSPS) is 21.7. The third-order valence-corrected chi connectivity index (χ3v) is 4.36. The molecule has 0 spiro atoms. The van der Waals surface area contributed by atoms with E-state index < -0.39 is 0 Å². The van der Waals surface area contributed by atoms with Crippen LogP contribution in [0.5, 0.6) is 0 Å². The van der Waals surface area contributed by atoms with Crippen molar-refractivity contribution >= 4 is 0 Å². The van der Waals surface area contributed by atoms with Crippen LogP contribution in [0.4, 0.5) is 0 Å². The Labute approximate surface area is 115 Å². The van der Waals surface area contributed by atoms with Gasteiger partial charge in [0.2, 0.25) is 0 Å². The predicted molar refractivity (Wildman–Crippen MR) is 80.3 cm³/mol. The molecule has 3 rings (SSSR count). The van der Waals surface area contributed by atoms with Crippen LogP contribution in [0.2, 0.25) is 0 Å². The minimum atomic E-state index is 0.253. The van der Waals surface area contributed by atoms with Gasteiger partial charge >= 0.3 is 0 Å². The summed E-state index contributed by atoms with van der Waals surface area (Å²) in [4.78, 5) is 4.34. The minimum Gasteiger partial charge on any atom is -0.264 e. The van der Waals surface area contributed by atoms with Gasteiger partial charge in [0.05, 0.1) is 0 Å². The molecule has 0 bridgehead atoms. The largest absolute Gasteiger partial charge is 0.264 e. The number of rotatable bonds is 0. The van der Waals surface area contributed by atoms with Crippen molar-refractivity contribution in [1.29, 1.82) is 0 Å². The van der Waals surface area contributed by atoms with E-state index in [9.17, 15) is 0 Å². The number of nitrogens with zero attached hydrogens (tertiary/aromatic N) is 1. The zero-order valence-electron chi connectivity index (χ0n) is 12.1. The topological polar surface area (TPSA) is 12.9 Å². The number of benzene rings is 1. The molecule has 0 aliphatic heterocycles. The van der Waals surface area contributed by atoms with Crippen LogP contribution in [0.1, 0.15) is 50.7 Å². The van der Waals surface area contributed by atoms with Gasteiger partial charge in [0.25, 0.3) is 0 Å². The predicted octanol–water partition coefficient (Wildman–Crippen LogP) is 5.00. The van der Waals surface area contributed by atoms with Gasteiger partial charge in [-0.1, -0.05) is 52.0 Å². The van der Waals surface area contributed by atoms with Crippen LogP contribution in [-0.2, 0) is 0 Å². The smallest absolute Gasteiger partial charge is 0.0349 e. The average Bonchev–Trinajstić information content (AvgIpc) is 2.38. The fourth-order valence-corrected chi connectivity index (χ4v) is 3.71. The van der Waals surface area contributed by atoms with E-state index in [1.807, 2.05) is 12.4 Å². The Kier molecular flexibility index (Phi) is 2.74. The van der Waals surface area contributed by atoms with Crippen LogP contribution in [0, 0.1) is 5.41 Å². The summed E-state index contributed by atoms with van der Waals surface area (Å²) in [6, 6.07) is 11.0. The van der Waals surface area contributed by atoms with Gasteiger partial charge in [-0.25, -0.2) is 0 Å². The Bertz CT molecular complexity index is 607. The molecule has 1 heteroatoms. The zero-order chi connectivity index (χ0) is 13.6. The first-order valence-corrected chi connectivity index (χ1v) is 7.03. The van der Waals surface area contributed by atoms with Gasteiger partial charge < -0.3 is 0 Å². The van der Waals surface area contributed by atoms with E-state index in [1.165, 1.54) is 22.3 Å². The zero-order valence-corrected chi connectivity index (χ0v) is 12.1. The van der Waals surface area contributed by atoms with Crippen molar-refractivity contribution in [2.24, 2.45) is 5.41 Å². The molecule has 0 saturated heterocycles. The van der Waals surface area contributed by atoms with Gasteiger partial charge in [0.15, 0.2) is 0 Å². The number of fused-ring (bicyclic) bond motifs is 3. The summed E-state index contributed by atoms with van der Waals surface area (Å²) in [6.45, 7) is 9.38. The number of aromatic nitrogens is 1. The molecule has 19 heavy (non-hydrogen) atoms. The monoisotopic (exact) mass is 251 g/mol. The number of hydrogen-bond acceptors (Lipinski definition) is 1. The summed E-state index contributed by atoms with van der Waals surface area (Å²) < 4.78 is 0. The van der Waals surface area contributed by atoms with E-state index in [-0.39, 0.29) is 5.41 Å². The molecule has 1 nitrogen and oxygen atoms in total. The molecule has 2 unspecified atom stereocenters. The quantitative estimate of drug-likeness (QED) is 0.642. The second kappa shape index (κ2) is 4.19. The molecule has 0 N–H and O–H groups in total. The maximum Gasteiger partial charge on any atom is 0.0349 e. The second-order valence-electron chi connectivity index (χ2n) is 6.68. The molecule has 0 fully saturated rings. The first-order valence-electron chi connectivity index (χ1n) is 7.03. The highest BCUT2D eigenvalue weighted by atomic mass is 14.6. The van der Waals surface area contributed by atoms with Gasteiger partial charge in [-0.3, -0.25) is 4.98 Å². The lowest BCUT2D eigenvalue weighted by atomic mass is 9.63. The fraction of sp³-hybridized carbons (Fsp3) is 0.389. The second-order valence-corrected chi connectivity index (χ2v) is 6.68. The van der Waals surface area contributed by atoms with Crippen LogP contribution < -0.4 is 0 Å². The molecule has 1 aromatic heterocycles. The first-order chi connectivity index (χ1) is 9.00. The Balaban J connectivity index is 2.30. The van der Waals surface area contributed by atoms with Crippen molar-refractivity contribution in [3.63, 3.8) is 0 Å². The van der Waals surface area contributed by atoms with Gasteiger partial charge in [-0.15, -0.1) is 0 Å². The van der Waals surface area contributed by atoms with Gasteiger partial charge in [-0.2, -0.15) is 0 Å². The number of hydrogen-bond donors (Lipinski definition) is 0. The molecular weight excluding hydrogens is 230 g/mol. The van der Waals surface area contributed by atoms with Crippen molar-refractivity contribution in [3.05, 3.63) is 53.9 Å². The van der Waals surface area contributed by atoms with E-state index in [4.69, 9.17) is 0 Å². The number of pyridine rings is 1. The Morgan fingerprint density at radius 1 is 0.947 bits per heavy atom. The third-order valence-electron chi connectivity index (χ3n) is 4.36. The highest BCUT2D eigenvalue weighted by Gasteiger charge is 2.37. The minimum absolute atomic E-state index is 0.253. The van der Waals surface area contributed by atoms with E-state index in [2.05, 4.69) is 63.0 Å². The van der Waals surface area contributed by atoms with Crippen LogP contribution in [0.15, 0.2) is 42.7 Å². The molecule has 0 amide bonds. The first kappa shape index (κ1) is 12.4. The highest BCUT2D eigenvalue weighted by Crippen LogP contribution is 2.53. The molecule has 2 aromatic rings. The van der Waals surface area contributed by atoms with Crippen LogP contribution >= 0.6 is 0 Å². The maximum atomic E-state index is 4.34. The summed E-state index contributed by atoms with van der Waals surface area (Å²) in [6.07, 6.45) is 3.96.